The van der Waals surface area contributed by atoms with Crippen molar-refractivity contribution in [3.05, 3.63) is 60.2 Å². The first kappa shape index (κ1) is 12.9. The maximum absolute atomic E-state index is 5.53. The summed E-state index contributed by atoms with van der Waals surface area (Å²) in [7, 11) is 1.70. The van der Waals surface area contributed by atoms with Gasteiger partial charge in [-0.2, -0.15) is 5.10 Å². The van der Waals surface area contributed by atoms with Gasteiger partial charge >= 0.3 is 0 Å². The van der Waals surface area contributed by atoms with Crippen LogP contribution in [-0.2, 0) is 0 Å². The van der Waals surface area contributed by atoms with E-state index in [1.807, 2.05) is 6.07 Å². The van der Waals surface area contributed by atoms with E-state index < -0.39 is 0 Å². The highest BCUT2D eigenvalue weighted by Gasteiger charge is 2.13. The van der Waals surface area contributed by atoms with Gasteiger partial charge in [0.2, 0.25) is 0 Å². The van der Waals surface area contributed by atoms with Crippen molar-refractivity contribution in [3.63, 3.8) is 0 Å². The van der Waals surface area contributed by atoms with Crippen molar-refractivity contribution >= 4 is 21.7 Å². The Morgan fingerprint density at radius 3 is 2.50 bits per heavy atom. The third-order valence-electron chi connectivity index (χ3n) is 4.04. The summed E-state index contributed by atoms with van der Waals surface area (Å²) in [5, 5.41) is 11.2. The topological polar surface area (TPSA) is 37.9 Å². The van der Waals surface area contributed by atoms with Gasteiger partial charge < -0.3 is 4.74 Å². The van der Waals surface area contributed by atoms with Gasteiger partial charge in [-0.3, -0.25) is 5.10 Å². The minimum absolute atomic E-state index is 0.849. The molecule has 1 N–H and O–H groups in total. The number of hydrogen-bond acceptors (Lipinski definition) is 2. The normalized spacial score (nSPS) is 11.2. The van der Waals surface area contributed by atoms with Crippen LogP contribution in [-0.4, -0.2) is 17.3 Å². The van der Waals surface area contributed by atoms with Gasteiger partial charge in [-0.25, -0.2) is 0 Å². The van der Waals surface area contributed by atoms with Crippen molar-refractivity contribution in [1.29, 1.82) is 0 Å². The Morgan fingerprint density at radius 2 is 1.73 bits per heavy atom. The minimum Gasteiger partial charge on any atom is -0.496 e. The summed E-state index contributed by atoms with van der Waals surface area (Å²) >= 11 is 0. The molecule has 1 aromatic heterocycles. The quantitative estimate of drug-likeness (QED) is 0.580. The van der Waals surface area contributed by atoms with E-state index in [4.69, 9.17) is 4.74 Å². The van der Waals surface area contributed by atoms with E-state index in [0.29, 0.717) is 0 Å². The molecule has 3 aromatic carbocycles. The van der Waals surface area contributed by atoms with Crippen molar-refractivity contribution in [3.8, 4) is 17.0 Å². The smallest absolute Gasteiger partial charge is 0.128 e. The third-order valence-corrected chi connectivity index (χ3v) is 4.04. The van der Waals surface area contributed by atoms with Crippen LogP contribution in [0.1, 0.15) is 5.56 Å². The molecule has 0 atom stereocenters. The maximum atomic E-state index is 5.53. The summed E-state index contributed by atoms with van der Waals surface area (Å²) < 4.78 is 5.53. The Kier molecular flexibility index (Phi) is 2.86. The molecule has 0 bridgehead atoms. The molecule has 0 aliphatic rings. The summed E-state index contributed by atoms with van der Waals surface area (Å²) in [6.45, 7) is 2.06. The van der Waals surface area contributed by atoms with Crippen LogP contribution in [0.2, 0.25) is 0 Å². The lowest BCUT2D eigenvalue weighted by Crippen LogP contribution is -1.89. The SMILES string of the molecule is COc1cc(C)ccc1-c1n[nH]c2cc3ccccc3cc12. The number of ether oxygens (including phenoxy) is 1. The van der Waals surface area contributed by atoms with Crippen molar-refractivity contribution in [1.82, 2.24) is 10.2 Å². The molecule has 4 rings (SSSR count). The van der Waals surface area contributed by atoms with Gasteiger partial charge in [0.1, 0.15) is 11.4 Å². The predicted molar refractivity (Wildman–Crippen MR) is 90.3 cm³/mol. The number of aromatic amines is 1. The molecule has 0 saturated heterocycles. The number of nitrogens with one attached hydrogen (secondary N) is 1. The van der Waals surface area contributed by atoms with E-state index in [1.165, 1.54) is 16.3 Å². The lowest BCUT2D eigenvalue weighted by molar-refractivity contribution is 0.416. The molecule has 0 saturated carbocycles. The average Bonchev–Trinajstić information content (AvgIpc) is 2.95. The Morgan fingerprint density at radius 1 is 0.955 bits per heavy atom. The second-order valence-corrected chi connectivity index (χ2v) is 5.52. The first-order chi connectivity index (χ1) is 10.8. The summed E-state index contributed by atoms with van der Waals surface area (Å²) in [5.41, 5.74) is 4.15. The number of hydrogen-bond donors (Lipinski definition) is 1. The van der Waals surface area contributed by atoms with E-state index in [0.717, 1.165) is 27.9 Å². The molecule has 1 heterocycles. The molecule has 4 aromatic rings. The third kappa shape index (κ3) is 1.94. The number of methoxy groups -OCH3 is 1. The zero-order valence-corrected chi connectivity index (χ0v) is 12.6. The van der Waals surface area contributed by atoms with Crippen molar-refractivity contribution < 1.29 is 4.74 Å². The molecule has 3 heteroatoms. The first-order valence-electron chi connectivity index (χ1n) is 7.28. The Bertz CT molecular complexity index is 985. The highest BCUT2D eigenvalue weighted by atomic mass is 16.5. The van der Waals surface area contributed by atoms with Crippen LogP contribution < -0.4 is 4.74 Å². The fourth-order valence-corrected chi connectivity index (χ4v) is 2.90. The van der Waals surface area contributed by atoms with Crippen LogP contribution in [0.15, 0.2) is 54.6 Å². The van der Waals surface area contributed by atoms with E-state index in [9.17, 15) is 0 Å². The number of benzene rings is 3. The summed E-state index contributed by atoms with van der Waals surface area (Å²) in [6.07, 6.45) is 0. The number of rotatable bonds is 2. The van der Waals surface area contributed by atoms with Gasteiger partial charge in [0, 0.05) is 10.9 Å². The lowest BCUT2D eigenvalue weighted by Gasteiger charge is -2.08. The average molecular weight is 288 g/mol. The first-order valence-corrected chi connectivity index (χ1v) is 7.28. The number of H-pyrrole nitrogens is 1. The molecule has 0 aliphatic carbocycles. The van der Waals surface area contributed by atoms with Crippen molar-refractivity contribution in [2.75, 3.05) is 7.11 Å². The van der Waals surface area contributed by atoms with Gasteiger partial charge in [-0.05, 0) is 47.5 Å². The van der Waals surface area contributed by atoms with Gasteiger partial charge in [-0.15, -0.1) is 0 Å². The van der Waals surface area contributed by atoms with Gasteiger partial charge in [0.25, 0.3) is 0 Å². The molecular weight excluding hydrogens is 272 g/mol. The molecule has 0 unspecified atom stereocenters. The Labute approximate surface area is 128 Å². The second-order valence-electron chi connectivity index (χ2n) is 5.52. The highest BCUT2D eigenvalue weighted by Crippen LogP contribution is 2.35. The number of fused-ring (bicyclic) bond motifs is 2. The predicted octanol–water partition coefficient (Wildman–Crippen LogP) is 4.70. The molecular formula is C19H16N2O. The Balaban J connectivity index is 2.01. The molecule has 0 radical (unpaired) electrons. The maximum Gasteiger partial charge on any atom is 0.128 e. The van der Waals surface area contributed by atoms with Crippen molar-refractivity contribution in [2.45, 2.75) is 6.92 Å². The molecule has 0 fully saturated rings. The zero-order valence-electron chi connectivity index (χ0n) is 12.6. The van der Waals surface area contributed by atoms with E-state index in [-0.39, 0.29) is 0 Å². The van der Waals surface area contributed by atoms with Gasteiger partial charge in [-0.1, -0.05) is 30.3 Å². The summed E-state index contributed by atoms with van der Waals surface area (Å²) in [5.74, 6) is 0.849. The van der Waals surface area contributed by atoms with E-state index in [2.05, 4.69) is 65.7 Å². The molecule has 22 heavy (non-hydrogen) atoms. The second kappa shape index (κ2) is 4.88. The molecule has 0 spiro atoms. The van der Waals surface area contributed by atoms with Crippen LogP contribution in [0.3, 0.4) is 0 Å². The van der Waals surface area contributed by atoms with E-state index in [1.54, 1.807) is 7.11 Å². The monoisotopic (exact) mass is 288 g/mol. The van der Waals surface area contributed by atoms with Crippen LogP contribution in [0.25, 0.3) is 32.9 Å². The van der Waals surface area contributed by atoms with Crippen LogP contribution in [0.4, 0.5) is 0 Å². The molecule has 108 valence electrons. The Hall–Kier alpha value is -2.81. The molecule has 3 nitrogen and oxygen atoms in total. The minimum atomic E-state index is 0.849. The highest BCUT2D eigenvalue weighted by molar-refractivity contribution is 6.03. The summed E-state index contributed by atoms with van der Waals surface area (Å²) in [4.78, 5) is 0. The van der Waals surface area contributed by atoms with Gasteiger partial charge in [0.05, 0.1) is 12.6 Å². The van der Waals surface area contributed by atoms with Crippen LogP contribution in [0, 0.1) is 6.92 Å². The fourth-order valence-electron chi connectivity index (χ4n) is 2.90. The van der Waals surface area contributed by atoms with Gasteiger partial charge in [0.15, 0.2) is 0 Å². The van der Waals surface area contributed by atoms with Crippen molar-refractivity contribution in [2.24, 2.45) is 0 Å². The zero-order chi connectivity index (χ0) is 15.1. The summed E-state index contributed by atoms with van der Waals surface area (Å²) in [6, 6.07) is 18.9. The molecule has 0 amide bonds. The number of nitrogens with zero attached hydrogens (tertiary/aromatic N) is 1. The number of aryl methyl sites for hydroxylation is 1. The fraction of sp³-hybridized carbons (Fsp3) is 0.105. The standard InChI is InChI=1S/C19H16N2O/c1-12-7-8-15(18(9-12)22-2)19-16-10-13-5-3-4-6-14(13)11-17(16)20-21-19/h3-11H,1-2H3,(H,20,21). The van der Waals surface area contributed by atoms with Crippen LogP contribution in [0.5, 0.6) is 5.75 Å². The lowest BCUT2D eigenvalue weighted by atomic mass is 10.0. The van der Waals surface area contributed by atoms with Crippen LogP contribution >= 0.6 is 0 Å². The largest absolute Gasteiger partial charge is 0.496 e. The molecule has 0 aliphatic heterocycles. The number of aromatic nitrogens is 2. The van der Waals surface area contributed by atoms with E-state index >= 15 is 0 Å².